The number of nitrogens with zero attached hydrogens (tertiary/aromatic N) is 3. The van der Waals surface area contributed by atoms with E-state index in [-0.39, 0.29) is 5.56 Å². The highest BCUT2D eigenvalue weighted by molar-refractivity contribution is 5.82. The fourth-order valence-electron chi connectivity index (χ4n) is 2.40. The highest BCUT2D eigenvalue weighted by Crippen LogP contribution is 2.27. The standard InChI is InChI=1S/C16H11F2N3/c1-2-21-15-6-3-10(9-19)7-14(15)20-16(21)12-5-4-11(17)8-13(12)18/h3-8H,2H2,1H3. The third-order valence-electron chi connectivity index (χ3n) is 3.37. The molecule has 0 N–H and O–H groups in total. The average molecular weight is 283 g/mol. The molecule has 2 aromatic carbocycles. The van der Waals surface area contributed by atoms with Crippen molar-refractivity contribution in [1.82, 2.24) is 9.55 Å². The van der Waals surface area contributed by atoms with Crippen LogP contribution in [0.4, 0.5) is 8.78 Å². The Morgan fingerprint density at radius 1 is 1.19 bits per heavy atom. The zero-order chi connectivity index (χ0) is 15.0. The minimum atomic E-state index is -0.652. The monoisotopic (exact) mass is 283 g/mol. The van der Waals surface area contributed by atoms with E-state index < -0.39 is 11.6 Å². The highest BCUT2D eigenvalue weighted by Gasteiger charge is 2.15. The average Bonchev–Trinajstić information content (AvgIpc) is 2.84. The van der Waals surface area contributed by atoms with Gasteiger partial charge in [-0.3, -0.25) is 0 Å². The first-order chi connectivity index (χ1) is 10.1. The molecule has 5 heteroatoms. The molecule has 21 heavy (non-hydrogen) atoms. The second kappa shape index (κ2) is 4.98. The molecule has 1 heterocycles. The molecule has 104 valence electrons. The highest BCUT2D eigenvalue weighted by atomic mass is 19.1. The fourth-order valence-corrected chi connectivity index (χ4v) is 2.40. The summed E-state index contributed by atoms with van der Waals surface area (Å²) in [5.74, 6) is -0.845. The van der Waals surface area contributed by atoms with E-state index in [1.165, 1.54) is 12.1 Å². The van der Waals surface area contributed by atoms with Gasteiger partial charge >= 0.3 is 0 Å². The molecule has 0 fully saturated rings. The van der Waals surface area contributed by atoms with Crippen molar-refractivity contribution in [3.8, 4) is 17.5 Å². The summed E-state index contributed by atoms with van der Waals surface area (Å²) in [4.78, 5) is 4.40. The van der Waals surface area contributed by atoms with E-state index in [0.717, 1.165) is 11.6 Å². The summed E-state index contributed by atoms with van der Waals surface area (Å²) in [5.41, 5.74) is 2.17. The van der Waals surface area contributed by atoms with Gasteiger partial charge < -0.3 is 4.57 Å². The van der Waals surface area contributed by atoms with Gasteiger partial charge in [0.2, 0.25) is 0 Å². The third kappa shape index (κ3) is 2.15. The Hall–Kier alpha value is -2.74. The first-order valence-corrected chi connectivity index (χ1v) is 6.50. The van der Waals surface area contributed by atoms with Gasteiger partial charge in [0.15, 0.2) is 0 Å². The van der Waals surface area contributed by atoms with E-state index in [4.69, 9.17) is 5.26 Å². The Bertz CT molecular complexity index is 875. The number of aryl methyl sites for hydroxylation is 1. The Balaban J connectivity index is 2.29. The molecular weight excluding hydrogens is 272 g/mol. The summed E-state index contributed by atoms with van der Waals surface area (Å²) in [5, 5.41) is 8.94. The van der Waals surface area contributed by atoms with E-state index in [9.17, 15) is 8.78 Å². The summed E-state index contributed by atoms with van der Waals surface area (Å²) in [6.45, 7) is 2.51. The number of halogens is 2. The molecule has 3 aromatic rings. The molecule has 3 rings (SSSR count). The molecule has 0 spiro atoms. The molecule has 0 aliphatic rings. The van der Waals surface area contributed by atoms with Crippen LogP contribution in [0.3, 0.4) is 0 Å². The fraction of sp³-hybridized carbons (Fsp3) is 0.125. The van der Waals surface area contributed by atoms with Crippen LogP contribution in [0.2, 0.25) is 0 Å². The van der Waals surface area contributed by atoms with Crippen LogP contribution in [0, 0.1) is 23.0 Å². The summed E-state index contributed by atoms with van der Waals surface area (Å²) in [7, 11) is 0. The number of imidazole rings is 1. The van der Waals surface area contributed by atoms with Gasteiger partial charge in [-0.15, -0.1) is 0 Å². The molecule has 0 saturated carbocycles. The number of hydrogen-bond acceptors (Lipinski definition) is 2. The van der Waals surface area contributed by atoms with Crippen LogP contribution in [0.15, 0.2) is 36.4 Å². The largest absolute Gasteiger partial charge is 0.324 e. The van der Waals surface area contributed by atoms with Crippen molar-refractivity contribution in [3.63, 3.8) is 0 Å². The normalized spacial score (nSPS) is 10.8. The predicted octanol–water partition coefficient (Wildman–Crippen LogP) is 3.87. The smallest absolute Gasteiger partial charge is 0.144 e. The van der Waals surface area contributed by atoms with Crippen molar-refractivity contribution < 1.29 is 8.78 Å². The summed E-state index contributed by atoms with van der Waals surface area (Å²) < 4.78 is 28.9. The van der Waals surface area contributed by atoms with Gasteiger partial charge in [-0.05, 0) is 37.3 Å². The molecular formula is C16H11F2N3. The van der Waals surface area contributed by atoms with E-state index >= 15 is 0 Å². The van der Waals surface area contributed by atoms with Crippen molar-refractivity contribution >= 4 is 11.0 Å². The van der Waals surface area contributed by atoms with Crippen LogP contribution in [0.1, 0.15) is 12.5 Å². The SMILES string of the molecule is CCn1c(-c2ccc(F)cc2F)nc2cc(C#N)ccc21. The maximum atomic E-state index is 14.0. The maximum absolute atomic E-state index is 14.0. The lowest BCUT2D eigenvalue weighted by atomic mass is 10.2. The molecule has 0 aliphatic carbocycles. The first kappa shape index (κ1) is 13.3. The van der Waals surface area contributed by atoms with Crippen LogP contribution in [-0.2, 0) is 6.54 Å². The number of aromatic nitrogens is 2. The van der Waals surface area contributed by atoms with E-state index in [1.54, 1.807) is 18.2 Å². The van der Waals surface area contributed by atoms with E-state index in [2.05, 4.69) is 11.1 Å². The lowest BCUT2D eigenvalue weighted by Crippen LogP contribution is -1.99. The molecule has 0 radical (unpaired) electrons. The van der Waals surface area contributed by atoms with Crippen LogP contribution in [0.5, 0.6) is 0 Å². The zero-order valence-electron chi connectivity index (χ0n) is 11.3. The number of fused-ring (bicyclic) bond motifs is 1. The lowest BCUT2D eigenvalue weighted by Gasteiger charge is -2.07. The molecule has 0 unspecified atom stereocenters. The van der Waals surface area contributed by atoms with Gasteiger partial charge in [0.25, 0.3) is 0 Å². The molecule has 1 aromatic heterocycles. The van der Waals surface area contributed by atoms with Crippen molar-refractivity contribution in [3.05, 3.63) is 53.6 Å². The van der Waals surface area contributed by atoms with Gasteiger partial charge in [-0.2, -0.15) is 5.26 Å². The minimum absolute atomic E-state index is 0.243. The quantitative estimate of drug-likeness (QED) is 0.716. The predicted molar refractivity (Wildman–Crippen MR) is 75.5 cm³/mol. The number of benzene rings is 2. The van der Waals surface area contributed by atoms with Crippen LogP contribution >= 0.6 is 0 Å². The molecule has 0 bridgehead atoms. The van der Waals surface area contributed by atoms with E-state index in [0.29, 0.717) is 23.4 Å². The molecule has 0 amide bonds. The van der Waals surface area contributed by atoms with Crippen LogP contribution < -0.4 is 0 Å². The minimum Gasteiger partial charge on any atom is -0.324 e. The van der Waals surface area contributed by atoms with Crippen molar-refractivity contribution in [2.45, 2.75) is 13.5 Å². The topological polar surface area (TPSA) is 41.6 Å². The van der Waals surface area contributed by atoms with Gasteiger partial charge in [-0.1, -0.05) is 0 Å². The summed E-state index contributed by atoms with van der Waals surface area (Å²) >= 11 is 0. The Morgan fingerprint density at radius 3 is 2.67 bits per heavy atom. The lowest BCUT2D eigenvalue weighted by molar-refractivity contribution is 0.584. The first-order valence-electron chi connectivity index (χ1n) is 6.50. The molecule has 0 aliphatic heterocycles. The van der Waals surface area contributed by atoms with Gasteiger partial charge in [0.05, 0.1) is 28.2 Å². The van der Waals surface area contributed by atoms with Crippen molar-refractivity contribution in [2.24, 2.45) is 0 Å². The number of hydrogen-bond donors (Lipinski definition) is 0. The Kier molecular flexibility index (Phi) is 3.15. The molecule has 0 atom stereocenters. The zero-order valence-corrected chi connectivity index (χ0v) is 11.3. The van der Waals surface area contributed by atoms with Crippen molar-refractivity contribution in [2.75, 3.05) is 0 Å². The Morgan fingerprint density at radius 2 is 2.00 bits per heavy atom. The van der Waals surface area contributed by atoms with Gasteiger partial charge in [0.1, 0.15) is 17.5 Å². The second-order valence-corrected chi connectivity index (χ2v) is 4.62. The van der Waals surface area contributed by atoms with Gasteiger partial charge in [0, 0.05) is 12.6 Å². The number of nitriles is 1. The van der Waals surface area contributed by atoms with Crippen molar-refractivity contribution in [1.29, 1.82) is 5.26 Å². The van der Waals surface area contributed by atoms with Crippen LogP contribution in [0.25, 0.3) is 22.4 Å². The Labute approximate surface area is 120 Å². The molecule has 0 saturated heterocycles. The second-order valence-electron chi connectivity index (χ2n) is 4.62. The summed E-state index contributed by atoms with van der Waals surface area (Å²) in [6.07, 6.45) is 0. The molecule has 3 nitrogen and oxygen atoms in total. The summed E-state index contributed by atoms with van der Waals surface area (Å²) in [6, 6.07) is 10.6. The van der Waals surface area contributed by atoms with Gasteiger partial charge in [-0.25, -0.2) is 13.8 Å². The maximum Gasteiger partial charge on any atom is 0.144 e. The van der Waals surface area contributed by atoms with Crippen LogP contribution in [-0.4, -0.2) is 9.55 Å². The van der Waals surface area contributed by atoms with E-state index in [1.807, 2.05) is 11.5 Å². The third-order valence-corrected chi connectivity index (χ3v) is 3.37. The number of rotatable bonds is 2.